The number of nitrogens with zero attached hydrogens (tertiary/aromatic N) is 2. The Kier molecular flexibility index (Phi) is 3.89. The summed E-state index contributed by atoms with van der Waals surface area (Å²) in [7, 11) is 0. The zero-order valence-electron chi connectivity index (χ0n) is 13.4. The largest absolute Gasteiger partial charge is 0.478 e. The first-order chi connectivity index (χ1) is 11.4. The summed E-state index contributed by atoms with van der Waals surface area (Å²) in [5, 5.41) is 13.2. The molecule has 24 heavy (non-hydrogen) atoms. The van der Waals surface area contributed by atoms with Crippen molar-refractivity contribution in [1.29, 1.82) is 0 Å². The minimum atomic E-state index is -1.02. The van der Waals surface area contributed by atoms with E-state index in [1.807, 2.05) is 6.92 Å². The first kappa shape index (κ1) is 15.9. The third-order valence-electron chi connectivity index (χ3n) is 4.00. The van der Waals surface area contributed by atoms with E-state index >= 15 is 0 Å². The minimum absolute atomic E-state index is 0.0568. The van der Waals surface area contributed by atoms with Gasteiger partial charge in [-0.15, -0.1) is 0 Å². The van der Waals surface area contributed by atoms with Gasteiger partial charge in [-0.1, -0.05) is 17.3 Å². The SMILES string of the molecule is Cc1cc(-c2noc(-c3cccc(C)c3F)n2)cc(C(=O)O)c1C. The van der Waals surface area contributed by atoms with Crippen LogP contribution in [-0.2, 0) is 0 Å². The van der Waals surface area contributed by atoms with Gasteiger partial charge in [-0.2, -0.15) is 4.98 Å². The van der Waals surface area contributed by atoms with Crippen LogP contribution >= 0.6 is 0 Å². The molecular weight excluding hydrogens is 311 g/mol. The van der Waals surface area contributed by atoms with Crippen LogP contribution in [-0.4, -0.2) is 21.2 Å². The molecular formula is C18H15FN2O3. The summed E-state index contributed by atoms with van der Waals surface area (Å²) in [6.45, 7) is 5.21. The Bertz CT molecular complexity index is 947. The molecule has 1 heterocycles. The fraction of sp³-hybridized carbons (Fsp3) is 0.167. The standard InChI is InChI=1S/C18H15FN2O3/c1-9-5-4-6-13(15(9)19)17-20-16(21-24-17)12-7-10(2)11(3)14(8-12)18(22)23/h4-8H,1-3H3,(H,22,23). The molecule has 5 nitrogen and oxygen atoms in total. The van der Waals surface area contributed by atoms with Crippen LogP contribution < -0.4 is 0 Å². The number of carbonyl (C=O) groups is 1. The van der Waals surface area contributed by atoms with Crippen LogP contribution in [0.2, 0.25) is 0 Å². The number of hydrogen-bond acceptors (Lipinski definition) is 4. The van der Waals surface area contributed by atoms with Gasteiger partial charge in [0.1, 0.15) is 5.82 Å². The maximum atomic E-state index is 14.2. The van der Waals surface area contributed by atoms with E-state index in [1.54, 1.807) is 38.1 Å². The van der Waals surface area contributed by atoms with E-state index < -0.39 is 11.8 Å². The van der Waals surface area contributed by atoms with E-state index in [0.717, 1.165) is 5.56 Å². The lowest BCUT2D eigenvalue weighted by atomic mass is 9.99. The molecule has 0 radical (unpaired) electrons. The molecule has 0 fully saturated rings. The summed E-state index contributed by atoms with van der Waals surface area (Å²) in [5.41, 5.74) is 2.87. The third-order valence-corrected chi connectivity index (χ3v) is 4.00. The number of halogens is 1. The zero-order valence-corrected chi connectivity index (χ0v) is 13.4. The van der Waals surface area contributed by atoms with Crippen LogP contribution in [0.4, 0.5) is 4.39 Å². The molecule has 1 aromatic heterocycles. The third kappa shape index (κ3) is 2.67. The fourth-order valence-corrected chi connectivity index (χ4v) is 2.47. The Balaban J connectivity index is 2.09. The monoisotopic (exact) mass is 326 g/mol. The van der Waals surface area contributed by atoms with E-state index in [0.29, 0.717) is 16.7 Å². The van der Waals surface area contributed by atoms with Crippen molar-refractivity contribution in [3.05, 3.63) is 58.4 Å². The van der Waals surface area contributed by atoms with Crippen LogP contribution in [0.5, 0.6) is 0 Å². The summed E-state index contributed by atoms with van der Waals surface area (Å²) in [6, 6.07) is 8.19. The average molecular weight is 326 g/mol. The Morgan fingerprint density at radius 3 is 2.62 bits per heavy atom. The second-order valence-electron chi connectivity index (χ2n) is 5.63. The molecule has 0 saturated carbocycles. The van der Waals surface area contributed by atoms with Gasteiger partial charge in [0.15, 0.2) is 0 Å². The first-order valence-electron chi connectivity index (χ1n) is 7.32. The summed E-state index contributed by atoms with van der Waals surface area (Å²) in [5.74, 6) is -1.16. The number of aromatic carboxylic acids is 1. The highest BCUT2D eigenvalue weighted by atomic mass is 19.1. The Hall–Kier alpha value is -3.02. The quantitative estimate of drug-likeness (QED) is 0.782. The number of aromatic nitrogens is 2. The Labute approximate surface area is 137 Å². The van der Waals surface area contributed by atoms with E-state index in [1.165, 1.54) is 6.07 Å². The minimum Gasteiger partial charge on any atom is -0.478 e. The highest BCUT2D eigenvalue weighted by Crippen LogP contribution is 2.28. The van der Waals surface area contributed by atoms with Crippen LogP contribution in [0.25, 0.3) is 22.8 Å². The second-order valence-corrected chi connectivity index (χ2v) is 5.63. The van der Waals surface area contributed by atoms with Crippen molar-refractivity contribution >= 4 is 5.97 Å². The van der Waals surface area contributed by atoms with E-state index in [2.05, 4.69) is 10.1 Å². The summed E-state index contributed by atoms with van der Waals surface area (Å²) in [6.07, 6.45) is 0. The Morgan fingerprint density at radius 1 is 1.17 bits per heavy atom. The number of benzene rings is 2. The molecule has 0 aliphatic heterocycles. The summed E-state index contributed by atoms with van der Waals surface area (Å²) in [4.78, 5) is 15.6. The highest BCUT2D eigenvalue weighted by Gasteiger charge is 2.18. The van der Waals surface area contributed by atoms with Crippen molar-refractivity contribution in [2.75, 3.05) is 0 Å². The molecule has 0 aliphatic rings. The van der Waals surface area contributed by atoms with Crippen molar-refractivity contribution in [2.45, 2.75) is 20.8 Å². The van der Waals surface area contributed by atoms with Crippen LogP contribution in [0.15, 0.2) is 34.9 Å². The van der Waals surface area contributed by atoms with Gasteiger partial charge in [0.05, 0.1) is 11.1 Å². The summed E-state index contributed by atoms with van der Waals surface area (Å²) >= 11 is 0. The molecule has 0 spiro atoms. The molecule has 0 amide bonds. The van der Waals surface area contributed by atoms with Gasteiger partial charge >= 0.3 is 5.97 Å². The van der Waals surface area contributed by atoms with Gasteiger partial charge in [0.2, 0.25) is 5.82 Å². The predicted molar refractivity (Wildman–Crippen MR) is 86.3 cm³/mol. The van der Waals surface area contributed by atoms with Crippen molar-refractivity contribution < 1.29 is 18.8 Å². The van der Waals surface area contributed by atoms with E-state index in [-0.39, 0.29) is 22.8 Å². The summed E-state index contributed by atoms with van der Waals surface area (Å²) < 4.78 is 19.3. The van der Waals surface area contributed by atoms with Gasteiger partial charge in [-0.3, -0.25) is 0 Å². The van der Waals surface area contributed by atoms with Gasteiger partial charge in [-0.25, -0.2) is 9.18 Å². The fourth-order valence-electron chi connectivity index (χ4n) is 2.47. The molecule has 122 valence electrons. The molecule has 0 bridgehead atoms. The molecule has 3 aromatic rings. The van der Waals surface area contributed by atoms with E-state index in [9.17, 15) is 14.3 Å². The van der Waals surface area contributed by atoms with E-state index in [4.69, 9.17) is 4.52 Å². The maximum Gasteiger partial charge on any atom is 0.335 e. The van der Waals surface area contributed by atoms with Crippen LogP contribution in [0.3, 0.4) is 0 Å². The number of aryl methyl sites for hydroxylation is 2. The van der Waals surface area contributed by atoms with Crippen molar-refractivity contribution in [1.82, 2.24) is 10.1 Å². The topological polar surface area (TPSA) is 76.2 Å². The molecule has 1 N–H and O–H groups in total. The number of carboxylic acid groups (broad SMARTS) is 1. The van der Waals surface area contributed by atoms with Gasteiger partial charge in [-0.05, 0) is 55.7 Å². The lowest BCUT2D eigenvalue weighted by Crippen LogP contribution is -2.02. The smallest absolute Gasteiger partial charge is 0.335 e. The lowest BCUT2D eigenvalue weighted by molar-refractivity contribution is 0.0696. The Morgan fingerprint density at radius 2 is 1.92 bits per heavy atom. The normalized spacial score (nSPS) is 10.8. The predicted octanol–water partition coefficient (Wildman–Crippen LogP) is 4.17. The first-order valence-corrected chi connectivity index (χ1v) is 7.32. The van der Waals surface area contributed by atoms with Crippen molar-refractivity contribution in [3.8, 4) is 22.8 Å². The number of carboxylic acids is 1. The zero-order chi connectivity index (χ0) is 17.4. The highest BCUT2D eigenvalue weighted by molar-refractivity contribution is 5.91. The molecule has 0 saturated heterocycles. The molecule has 6 heteroatoms. The van der Waals surface area contributed by atoms with Gasteiger partial charge in [0.25, 0.3) is 5.89 Å². The molecule has 0 unspecified atom stereocenters. The molecule has 0 aliphatic carbocycles. The maximum absolute atomic E-state index is 14.2. The van der Waals surface area contributed by atoms with Gasteiger partial charge in [0, 0.05) is 5.56 Å². The number of rotatable bonds is 3. The molecule has 0 atom stereocenters. The second kappa shape index (κ2) is 5.88. The molecule has 2 aromatic carbocycles. The van der Waals surface area contributed by atoms with Gasteiger partial charge < -0.3 is 9.63 Å². The number of hydrogen-bond donors (Lipinski definition) is 1. The van der Waals surface area contributed by atoms with Crippen molar-refractivity contribution in [3.63, 3.8) is 0 Å². The van der Waals surface area contributed by atoms with Crippen molar-refractivity contribution in [2.24, 2.45) is 0 Å². The lowest BCUT2D eigenvalue weighted by Gasteiger charge is -2.06. The molecule has 3 rings (SSSR count). The van der Waals surface area contributed by atoms with Crippen LogP contribution in [0.1, 0.15) is 27.0 Å². The average Bonchev–Trinajstić information content (AvgIpc) is 3.02. The van der Waals surface area contributed by atoms with Crippen LogP contribution in [0, 0.1) is 26.6 Å².